The van der Waals surface area contributed by atoms with Crippen LogP contribution < -0.4 is 20.1 Å². The molecule has 4 amide bonds. The fourth-order valence-electron chi connectivity index (χ4n) is 7.69. The first-order valence-electron chi connectivity index (χ1n) is 18.7. The van der Waals surface area contributed by atoms with Gasteiger partial charge < -0.3 is 25.1 Å². The normalized spacial score (nSPS) is 25.8. The van der Waals surface area contributed by atoms with Gasteiger partial charge in [0.25, 0.3) is 11.8 Å². The molecule has 1 saturated heterocycles. The number of carbonyl (C=O) groups is 4. The molecule has 8 rings (SSSR count). The topological polar surface area (TPSA) is 173 Å². The van der Waals surface area contributed by atoms with E-state index in [9.17, 15) is 27.6 Å². The van der Waals surface area contributed by atoms with Gasteiger partial charge in [0, 0.05) is 23.5 Å². The molecular formula is C41H43N5O8S2. The van der Waals surface area contributed by atoms with Crippen molar-refractivity contribution in [1.29, 1.82) is 0 Å². The fourth-order valence-corrected chi connectivity index (χ4v) is 9.84. The van der Waals surface area contributed by atoms with E-state index in [-0.39, 0.29) is 26.0 Å². The minimum atomic E-state index is -3.91. The first-order valence-corrected chi connectivity index (χ1v) is 21.1. The number of rotatable bonds is 6. The zero-order valence-electron chi connectivity index (χ0n) is 31.2. The third-order valence-corrected chi connectivity index (χ3v) is 13.8. The highest BCUT2D eigenvalue weighted by Crippen LogP contribution is 2.46. The van der Waals surface area contributed by atoms with Crippen molar-refractivity contribution in [3.8, 4) is 16.9 Å². The molecule has 0 unspecified atom stereocenters. The van der Waals surface area contributed by atoms with Gasteiger partial charge in [-0.3, -0.25) is 23.9 Å². The fraction of sp³-hybridized carbons (Fsp3) is 0.390. The van der Waals surface area contributed by atoms with Crippen LogP contribution in [0, 0.1) is 11.3 Å². The van der Waals surface area contributed by atoms with Gasteiger partial charge >= 0.3 is 0 Å². The minimum absolute atomic E-state index is 0.00745. The SMILES string of the molecule is C=C[C@@H]1C[C@]1(NC(=O)[C@@H]1C[C@@H]2CN1C(=O)[C@H](C(C)(C)C)NC(=O)c1sccc1C=CCOc1ccc3c(c1)C(=NO2)c1ccccc1-3)C(=O)NS(=O)(=O)C1CC1. The van der Waals surface area contributed by atoms with Gasteiger partial charge in [-0.15, -0.1) is 17.9 Å². The summed E-state index contributed by atoms with van der Waals surface area (Å²) in [6.07, 6.45) is 5.43. The highest BCUT2D eigenvalue weighted by molar-refractivity contribution is 7.91. The van der Waals surface area contributed by atoms with E-state index in [1.54, 1.807) is 11.5 Å². The lowest BCUT2D eigenvalue weighted by Gasteiger charge is -2.35. The molecule has 0 spiro atoms. The Morgan fingerprint density at radius 1 is 1.07 bits per heavy atom. The highest BCUT2D eigenvalue weighted by Gasteiger charge is 2.62. The molecule has 15 heteroatoms. The zero-order valence-corrected chi connectivity index (χ0v) is 32.9. The Bertz CT molecular complexity index is 2320. The number of benzene rings is 2. The smallest absolute Gasteiger partial charge is 0.262 e. The van der Waals surface area contributed by atoms with Crippen LogP contribution in [0.2, 0.25) is 0 Å². The number of amides is 4. The molecule has 2 aliphatic heterocycles. The summed E-state index contributed by atoms with van der Waals surface area (Å²) in [6, 6.07) is 13.2. The molecule has 3 aliphatic carbocycles. The molecule has 5 aliphatic rings. The van der Waals surface area contributed by atoms with Crippen molar-refractivity contribution in [2.45, 2.75) is 75.4 Å². The van der Waals surface area contributed by atoms with E-state index >= 15 is 0 Å². The largest absolute Gasteiger partial charge is 0.490 e. The van der Waals surface area contributed by atoms with Crippen molar-refractivity contribution >= 4 is 56.8 Å². The number of hydrogen-bond acceptors (Lipinski definition) is 10. The Hall–Kier alpha value is -5.28. The maximum Gasteiger partial charge on any atom is 0.262 e. The summed E-state index contributed by atoms with van der Waals surface area (Å²) in [5.74, 6) is -2.38. The lowest BCUT2D eigenvalue weighted by atomic mass is 9.85. The van der Waals surface area contributed by atoms with Crippen LogP contribution in [-0.2, 0) is 29.2 Å². The molecule has 0 radical (unpaired) electrons. The quantitative estimate of drug-likeness (QED) is 0.241. The zero-order chi connectivity index (χ0) is 39.6. The monoisotopic (exact) mass is 797 g/mol. The van der Waals surface area contributed by atoms with Gasteiger partial charge in [-0.1, -0.05) is 62.3 Å². The van der Waals surface area contributed by atoms with Gasteiger partial charge in [-0.05, 0) is 77.1 Å². The molecule has 13 nitrogen and oxygen atoms in total. The van der Waals surface area contributed by atoms with Crippen molar-refractivity contribution in [1.82, 2.24) is 20.3 Å². The summed E-state index contributed by atoms with van der Waals surface area (Å²) in [7, 11) is -3.91. The first-order chi connectivity index (χ1) is 26.7. The van der Waals surface area contributed by atoms with Crippen LogP contribution in [0.3, 0.4) is 0 Å². The van der Waals surface area contributed by atoms with Crippen molar-refractivity contribution in [2.75, 3.05) is 13.2 Å². The van der Waals surface area contributed by atoms with Crippen LogP contribution in [0.15, 0.2) is 77.8 Å². The molecule has 3 fully saturated rings. The molecule has 2 saturated carbocycles. The summed E-state index contributed by atoms with van der Waals surface area (Å²) in [6.45, 7) is 9.45. The second-order valence-electron chi connectivity index (χ2n) is 16.0. The molecule has 3 N–H and O–H groups in total. The predicted molar refractivity (Wildman–Crippen MR) is 211 cm³/mol. The van der Waals surface area contributed by atoms with Crippen molar-refractivity contribution in [3.05, 3.63) is 94.2 Å². The number of thiophene rings is 1. The van der Waals surface area contributed by atoms with Crippen molar-refractivity contribution in [3.63, 3.8) is 0 Å². The molecule has 3 heterocycles. The number of ether oxygens (including phenoxy) is 1. The summed E-state index contributed by atoms with van der Waals surface area (Å²) in [5, 5.41) is 11.6. The Morgan fingerprint density at radius 2 is 1.82 bits per heavy atom. The minimum Gasteiger partial charge on any atom is -0.490 e. The number of oxime groups is 1. The average molecular weight is 798 g/mol. The molecule has 292 valence electrons. The van der Waals surface area contributed by atoms with Crippen LogP contribution >= 0.6 is 11.3 Å². The number of sulfonamides is 1. The van der Waals surface area contributed by atoms with Crippen LogP contribution in [0.25, 0.3) is 17.2 Å². The van der Waals surface area contributed by atoms with Gasteiger partial charge in [-0.25, -0.2) is 8.42 Å². The summed E-state index contributed by atoms with van der Waals surface area (Å²) in [5.41, 5.74) is 2.44. The van der Waals surface area contributed by atoms with Gasteiger partial charge in [0.05, 0.1) is 16.7 Å². The van der Waals surface area contributed by atoms with Crippen LogP contribution in [-0.4, -0.2) is 84.8 Å². The standard InChI is InChI=1S/C41H43N5O8S2/c1-5-24-21-41(24,39(50)45-56(51,52)27-13-14-27)43-36(47)32-20-26-22-46(32)38(49)35(40(2,3)4)42-37(48)34-23(16-18-55-34)9-8-17-53-25-12-15-29-28-10-6-7-11-30(28)33(44-54-26)31(29)19-25/h5-12,15-16,18-19,24,26-27,32,35H,1,13-14,17,20-22H2,2-4H3,(H,42,48)(H,43,47)(H,45,50)/t24-,26-,32+,35-,41-/m1/s1. The lowest BCUT2D eigenvalue weighted by Crippen LogP contribution is -2.60. The highest BCUT2D eigenvalue weighted by atomic mass is 32.2. The van der Waals surface area contributed by atoms with Crippen LogP contribution in [0.5, 0.6) is 5.75 Å². The average Bonchev–Trinajstić information content (AvgIpc) is 4.01. The second kappa shape index (κ2) is 14.0. The number of nitrogens with zero attached hydrogens (tertiary/aromatic N) is 2. The number of carbonyl (C=O) groups excluding carboxylic acids is 4. The van der Waals surface area contributed by atoms with Crippen LogP contribution in [0.4, 0.5) is 0 Å². The second-order valence-corrected chi connectivity index (χ2v) is 18.9. The van der Waals surface area contributed by atoms with E-state index in [0.717, 1.165) is 22.3 Å². The molecule has 5 atom stereocenters. The summed E-state index contributed by atoms with van der Waals surface area (Å²) in [4.78, 5) is 64.6. The molecule has 1 aromatic heterocycles. The third kappa shape index (κ3) is 6.91. The number of hydrogen-bond donors (Lipinski definition) is 3. The third-order valence-electron chi connectivity index (χ3n) is 11.0. The number of nitrogens with one attached hydrogen (secondary N) is 3. The molecule has 3 aromatic rings. The molecule has 4 bridgehead atoms. The lowest BCUT2D eigenvalue weighted by molar-refractivity contribution is -0.142. The molecule has 2 aromatic carbocycles. The first kappa shape index (κ1) is 37.6. The van der Waals surface area contributed by atoms with Gasteiger partial charge in [0.15, 0.2) is 0 Å². The van der Waals surface area contributed by atoms with E-state index in [1.165, 1.54) is 22.3 Å². The molecular weight excluding hydrogens is 755 g/mol. The van der Waals surface area contributed by atoms with Gasteiger partial charge in [0.2, 0.25) is 21.8 Å². The van der Waals surface area contributed by atoms with E-state index in [4.69, 9.17) is 9.57 Å². The van der Waals surface area contributed by atoms with E-state index < -0.39 is 74.0 Å². The molecule has 56 heavy (non-hydrogen) atoms. The maximum atomic E-state index is 14.8. The van der Waals surface area contributed by atoms with Crippen LogP contribution in [0.1, 0.15) is 72.8 Å². The summed E-state index contributed by atoms with van der Waals surface area (Å²) >= 11 is 1.24. The Morgan fingerprint density at radius 3 is 2.54 bits per heavy atom. The Balaban J connectivity index is 1.16. The van der Waals surface area contributed by atoms with Crippen molar-refractivity contribution < 1.29 is 37.2 Å². The predicted octanol–water partition coefficient (Wildman–Crippen LogP) is 4.39. The Kier molecular flexibility index (Phi) is 9.43. The van der Waals surface area contributed by atoms with Gasteiger partial charge in [-0.2, -0.15) is 0 Å². The Labute approximate surface area is 329 Å². The number of fused-ring (bicyclic) bond motifs is 7. The van der Waals surface area contributed by atoms with E-state index in [1.807, 2.05) is 75.4 Å². The maximum absolute atomic E-state index is 14.8. The van der Waals surface area contributed by atoms with E-state index in [0.29, 0.717) is 34.7 Å². The van der Waals surface area contributed by atoms with Crippen molar-refractivity contribution in [2.24, 2.45) is 16.5 Å². The van der Waals surface area contributed by atoms with Gasteiger partial charge in [0.1, 0.15) is 41.8 Å². The summed E-state index contributed by atoms with van der Waals surface area (Å²) < 4.78 is 33.8. The van der Waals surface area contributed by atoms with E-state index in [2.05, 4.69) is 27.1 Å².